The summed E-state index contributed by atoms with van der Waals surface area (Å²) in [5.74, 6) is 0.997. The molecule has 4 heteroatoms. The van der Waals surface area contributed by atoms with Crippen LogP contribution in [0.4, 0.5) is 0 Å². The van der Waals surface area contributed by atoms with Gasteiger partial charge in [0.2, 0.25) is 0 Å². The van der Waals surface area contributed by atoms with Gasteiger partial charge in [-0.05, 0) is 94.2 Å². The fourth-order valence-electron chi connectivity index (χ4n) is 3.97. The highest BCUT2D eigenvalue weighted by atomic mass is 79.9. The van der Waals surface area contributed by atoms with Crippen LogP contribution in [0.2, 0.25) is 0 Å². The number of aryl methyl sites for hydroxylation is 3. The van der Waals surface area contributed by atoms with Crippen LogP contribution in [0.15, 0.2) is 89.5 Å². The lowest BCUT2D eigenvalue weighted by Crippen LogP contribution is -2.33. The Balaban J connectivity index is 0.000000156. The fraction of sp³-hybridized carbons (Fsp3) is 0.323. The average molecular weight is 534 g/mol. The van der Waals surface area contributed by atoms with Crippen molar-refractivity contribution in [2.45, 2.75) is 40.0 Å². The minimum atomic E-state index is 0.809. The zero-order valence-corrected chi connectivity index (χ0v) is 22.8. The number of hydrogen-bond acceptors (Lipinski definition) is 3. The number of para-hydroxylation sites is 1. The van der Waals surface area contributed by atoms with Crippen molar-refractivity contribution in [2.24, 2.45) is 0 Å². The van der Waals surface area contributed by atoms with Crippen molar-refractivity contribution in [2.75, 3.05) is 26.2 Å². The minimum absolute atomic E-state index is 0.809. The first-order valence-corrected chi connectivity index (χ1v) is 13.2. The van der Waals surface area contributed by atoms with Crippen LogP contribution < -0.4 is 4.74 Å². The first-order chi connectivity index (χ1) is 17.0. The van der Waals surface area contributed by atoms with Gasteiger partial charge in [0.25, 0.3) is 0 Å². The molecule has 0 amide bonds. The molecule has 3 aromatic carbocycles. The number of benzene rings is 3. The van der Waals surface area contributed by atoms with Crippen LogP contribution in [0.3, 0.4) is 0 Å². The molecule has 0 spiro atoms. The summed E-state index contributed by atoms with van der Waals surface area (Å²) < 4.78 is 6.90. The van der Waals surface area contributed by atoms with Gasteiger partial charge >= 0.3 is 0 Å². The third kappa shape index (κ3) is 10.2. The number of hydrogen-bond donors (Lipinski definition) is 0. The Morgan fingerprint density at radius 3 is 2.17 bits per heavy atom. The monoisotopic (exact) mass is 532 g/mol. The summed E-state index contributed by atoms with van der Waals surface area (Å²) in [5, 5.41) is 1.22. The van der Waals surface area contributed by atoms with Crippen molar-refractivity contribution >= 4 is 26.8 Å². The first-order valence-electron chi connectivity index (χ1n) is 12.4. The average Bonchev–Trinajstić information content (AvgIpc) is 2.85. The molecule has 184 valence electrons. The van der Waals surface area contributed by atoms with E-state index in [-0.39, 0.29) is 0 Å². The second-order valence-corrected chi connectivity index (χ2v) is 9.99. The van der Waals surface area contributed by atoms with E-state index in [1.165, 1.54) is 54.4 Å². The van der Waals surface area contributed by atoms with Crippen LogP contribution in [-0.2, 0) is 0 Å². The smallest absolute Gasteiger partial charge is 0.119 e. The van der Waals surface area contributed by atoms with Crippen molar-refractivity contribution in [3.05, 3.63) is 106 Å². The normalized spacial score (nSPS) is 13.3. The van der Waals surface area contributed by atoms with E-state index in [2.05, 4.69) is 83.0 Å². The van der Waals surface area contributed by atoms with Gasteiger partial charge in [-0.2, -0.15) is 0 Å². The third-order valence-electron chi connectivity index (χ3n) is 5.82. The highest BCUT2D eigenvalue weighted by molar-refractivity contribution is 9.10. The van der Waals surface area contributed by atoms with E-state index in [9.17, 15) is 0 Å². The number of ether oxygens (including phenoxy) is 1. The number of piperidine rings is 1. The zero-order chi connectivity index (χ0) is 24.9. The van der Waals surface area contributed by atoms with Crippen LogP contribution in [0.5, 0.6) is 5.75 Å². The maximum absolute atomic E-state index is 5.75. The molecule has 0 radical (unpaired) electrons. The molecule has 1 fully saturated rings. The van der Waals surface area contributed by atoms with E-state index in [0.29, 0.717) is 0 Å². The van der Waals surface area contributed by atoms with E-state index >= 15 is 0 Å². The number of rotatable bonds is 4. The molecule has 1 aromatic heterocycles. The molecular weight excluding hydrogens is 496 g/mol. The molecule has 1 saturated heterocycles. The quantitative estimate of drug-likeness (QED) is 0.265. The molecule has 1 aliphatic heterocycles. The van der Waals surface area contributed by atoms with Gasteiger partial charge in [-0.15, -0.1) is 0 Å². The maximum atomic E-state index is 5.75. The predicted molar refractivity (Wildman–Crippen MR) is 152 cm³/mol. The summed E-state index contributed by atoms with van der Waals surface area (Å²) in [7, 11) is 0. The van der Waals surface area contributed by atoms with E-state index in [1.54, 1.807) is 0 Å². The zero-order valence-electron chi connectivity index (χ0n) is 21.2. The molecule has 0 unspecified atom stereocenters. The van der Waals surface area contributed by atoms with E-state index in [1.807, 2.05) is 48.7 Å². The Bertz CT molecular complexity index is 1150. The Kier molecular flexibility index (Phi) is 11.3. The Morgan fingerprint density at radius 2 is 1.49 bits per heavy atom. The Hall–Kier alpha value is -2.69. The van der Waals surface area contributed by atoms with Crippen molar-refractivity contribution in [3.8, 4) is 5.75 Å². The molecule has 35 heavy (non-hydrogen) atoms. The number of pyridine rings is 1. The van der Waals surface area contributed by atoms with Crippen LogP contribution in [0.1, 0.15) is 36.0 Å². The number of halogens is 1. The molecule has 4 aromatic rings. The molecule has 3 nitrogen and oxygen atoms in total. The predicted octanol–water partition coefficient (Wildman–Crippen LogP) is 8.16. The van der Waals surface area contributed by atoms with Gasteiger partial charge in [0.05, 0.1) is 5.52 Å². The number of nitrogens with zero attached hydrogens (tertiary/aromatic N) is 2. The molecule has 1 aliphatic rings. The molecule has 0 N–H and O–H groups in total. The van der Waals surface area contributed by atoms with Gasteiger partial charge < -0.3 is 4.74 Å². The van der Waals surface area contributed by atoms with Gasteiger partial charge in [0, 0.05) is 22.6 Å². The van der Waals surface area contributed by atoms with Gasteiger partial charge in [-0.3, -0.25) is 9.88 Å². The van der Waals surface area contributed by atoms with Gasteiger partial charge in [0.1, 0.15) is 12.4 Å². The molecule has 2 heterocycles. The number of fused-ring (bicyclic) bond motifs is 1. The van der Waals surface area contributed by atoms with Crippen LogP contribution in [0, 0.1) is 20.8 Å². The summed E-state index contributed by atoms with van der Waals surface area (Å²) in [5.41, 5.74) is 4.83. The molecular formula is C31H37BrN2O. The third-order valence-corrected chi connectivity index (χ3v) is 6.32. The minimum Gasteiger partial charge on any atom is -0.492 e. The first kappa shape index (κ1) is 26.9. The highest BCUT2D eigenvalue weighted by Gasteiger charge is 2.09. The van der Waals surface area contributed by atoms with Crippen molar-refractivity contribution < 1.29 is 4.74 Å². The SMILES string of the molecule is Cc1cccc(Br)c1.Cc1cccc(OCCN2CCCCC2)c1.Cc1cnc2ccccc2c1. The maximum Gasteiger partial charge on any atom is 0.119 e. The number of likely N-dealkylation sites (tertiary alicyclic amines) is 1. The lowest BCUT2D eigenvalue weighted by atomic mass is 10.1. The van der Waals surface area contributed by atoms with Crippen LogP contribution in [0.25, 0.3) is 10.9 Å². The second-order valence-electron chi connectivity index (χ2n) is 9.07. The Morgan fingerprint density at radius 1 is 0.771 bits per heavy atom. The molecule has 0 aliphatic carbocycles. The van der Waals surface area contributed by atoms with Crippen LogP contribution in [-0.4, -0.2) is 36.1 Å². The second kappa shape index (κ2) is 14.7. The summed E-state index contributed by atoms with van der Waals surface area (Å²) in [6.45, 7) is 10.6. The summed E-state index contributed by atoms with van der Waals surface area (Å²) >= 11 is 3.36. The van der Waals surface area contributed by atoms with Crippen molar-refractivity contribution in [1.82, 2.24) is 9.88 Å². The van der Waals surface area contributed by atoms with Gasteiger partial charge in [-0.1, -0.05) is 70.4 Å². The van der Waals surface area contributed by atoms with Gasteiger partial charge in [-0.25, -0.2) is 0 Å². The summed E-state index contributed by atoms with van der Waals surface area (Å²) in [6.07, 6.45) is 5.99. The van der Waals surface area contributed by atoms with E-state index in [0.717, 1.165) is 28.9 Å². The van der Waals surface area contributed by atoms with Gasteiger partial charge in [0.15, 0.2) is 0 Å². The molecule has 5 rings (SSSR count). The summed E-state index contributed by atoms with van der Waals surface area (Å²) in [6, 6.07) is 26.8. The van der Waals surface area contributed by atoms with Crippen molar-refractivity contribution in [1.29, 1.82) is 0 Å². The van der Waals surface area contributed by atoms with Crippen molar-refractivity contribution in [3.63, 3.8) is 0 Å². The number of aromatic nitrogens is 1. The summed E-state index contributed by atoms with van der Waals surface area (Å²) in [4.78, 5) is 6.78. The van der Waals surface area contributed by atoms with E-state index < -0.39 is 0 Å². The fourth-order valence-corrected chi connectivity index (χ4v) is 4.48. The van der Waals surface area contributed by atoms with E-state index in [4.69, 9.17) is 4.74 Å². The lowest BCUT2D eigenvalue weighted by molar-refractivity contribution is 0.183. The lowest BCUT2D eigenvalue weighted by Gasteiger charge is -2.26. The Labute approximate surface area is 219 Å². The molecule has 0 atom stereocenters. The molecule has 0 bridgehead atoms. The molecule has 0 saturated carbocycles. The van der Waals surface area contributed by atoms with Crippen LogP contribution >= 0.6 is 15.9 Å². The largest absolute Gasteiger partial charge is 0.492 e. The topological polar surface area (TPSA) is 25.4 Å². The standard InChI is InChI=1S/C14H21NO.C10H9N.C7H7Br/c1-13-6-5-7-14(12-13)16-11-10-15-8-3-2-4-9-15;1-8-6-9-4-2-3-5-10(9)11-7-8;1-6-3-2-4-7(8)5-6/h5-7,12H,2-4,8-11H2,1H3;2-7H,1H3;2-5H,1H3. The highest BCUT2D eigenvalue weighted by Crippen LogP contribution is 2.14.